The van der Waals surface area contributed by atoms with Gasteiger partial charge in [0.15, 0.2) is 5.03 Å². The largest absolute Gasteiger partial charge is 0.497 e. The second kappa shape index (κ2) is 8.68. The van der Waals surface area contributed by atoms with Crippen molar-refractivity contribution < 1.29 is 13.2 Å². The third-order valence-corrected chi connectivity index (χ3v) is 7.17. The minimum atomic E-state index is -3.61. The van der Waals surface area contributed by atoms with E-state index in [1.54, 1.807) is 24.9 Å². The summed E-state index contributed by atoms with van der Waals surface area (Å²) in [6, 6.07) is 11.7. The van der Waals surface area contributed by atoms with E-state index in [1.807, 2.05) is 43.3 Å². The predicted molar refractivity (Wildman–Crippen MR) is 119 cm³/mol. The summed E-state index contributed by atoms with van der Waals surface area (Å²) in [7, 11) is -0.212. The van der Waals surface area contributed by atoms with Crippen LogP contribution in [0.2, 0.25) is 0 Å². The Bertz CT molecular complexity index is 1180. The van der Waals surface area contributed by atoms with Crippen LogP contribution >= 0.6 is 0 Å². The van der Waals surface area contributed by atoms with Gasteiger partial charge in [0.2, 0.25) is 0 Å². The van der Waals surface area contributed by atoms with Crippen LogP contribution in [0.3, 0.4) is 0 Å². The van der Waals surface area contributed by atoms with E-state index in [9.17, 15) is 8.42 Å². The van der Waals surface area contributed by atoms with Gasteiger partial charge in [-0.3, -0.25) is 4.98 Å². The van der Waals surface area contributed by atoms with Crippen LogP contribution in [-0.2, 0) is 17.1 Å². The number of aryl methyl sites for hydroxylation is 2. The zero-order valence-corrected chi connectivity index (χ0v) is 18.8. The number of hydrogen-bond donors (Lipinski definition) is 1. The molecule has 0 radical (unpaired) electrons. The van der Waals surface area contributed by atoms with Crippen molar-refractivity contribution in [3.63, 3.8) is 0 Å². The summed E-state index contributed by atoms with van der Waals surface area (Å²) in [5.41, 5.74) is 3.61. The van der Waals surface area contributed by atoms with Gasteiger partial charge in [0, 0.05) is 61.1 Å². The van der Waals surface area contributed by atoms with Gasteiger partial charge in [0.1, 0.15) is 5.75 Å². The Balaban J connectivity index is 1.56. The van der Waals surface area contributed by atoms with Crippen molar-refractivity contribution in [2.45, 2.75) is 30.7 Å². The molecule has 3 heterocycles. The van der Waals surface area contributed by atoms with Crippen molar-refractivity contribution in [3.05, 3.63) is 60.3 Å². The molecule has 9 heteroatoms. The van der Waals surface area contributed by atoms with Gasteiger partial charge in [-0.2, -0.15) is 4.31 Å². The van der Waals surface area contributed by atoms with Crippen molar-refractivity contribution in [3.8, 4) is 5.75 Å². The quantitative estimate of drug-likeness (QED) is 0.630. The first-order valence-corrected chi connectivity index (χ1v) is 11.7. The Morgan fingerprint density at radius 1 is 1.19 bits per heavy atom. The first kappa shape index (κ1) is 21.3. The van der Waals surface area contributed by atoms with Crippen molar-refractivity contribution in [1.29, 1.82) is 0 Å². The molecule has 0 bridgehead atoms. The third kappa shape index (κ3) is 4.72. The molecule has 1 unspecified atom stereocenters. The smallest absolute Gasteiger partial charge is 0.262 e. The van der Waals surface area contributed by atoms with Crippen molar-refractivity contribution in [2.75, 3.05) is 25.5 Å². The number of sulfonamides is 1. The zero-order valence-electron chi connectivity index (χ0n) is 17.9. The monoisotopic (exact) mass is 441 g/mol. The van der Waals surface area contributed by atoms with Gasteiger partial charge >= 0.3 is 0 Å². The highest BCUT2D eigenvalue weighted by Gasteiger charge is 2.33. The number of aromatic nitrogens is 3. The van der Waals surface area contributed by atoms with Crippen LogP contribution in [0.4, 0.5) is 11.4 Å². The molecule has 0 saturated carbocycles. The molecule has 2 aromatic heterocycles. The fourth-order valence-corrected chi connectivity index (χ4v) is 5.39. The number of hydrogen-bond acceptors (Lipinski definition) is 6. The molecule has 3 aromatic rings. The van der Waals surface area contributed by atoms with Crippen LogP contribution < -0.4 is 10.1 Å². The van der Waals surface area contributed by atoms with E-state index >= 15 is 0 Å². The summed E-state index contributed by atoms with van der Waals surface area (Å²) in [5.74, 6) is 0.802. The minimum Gasteiger partial charge on any atom is -0.497 e. The van der Waals surface area contributed by atoms with Crippen molar-refractivity contribution in [2.24, 2.45) is 7.05 Å². The Morgan fingerprint density at radius 3 is 2.77 bits per heavy atom. The van der Waals surface area contributed by atoms with Crippen LogP contribution in [0.25, 0.3) is 0 Å². The number of ether oxygens (including phenoxy) is 1. The molecule has 1 saturated heterocycles. The summed E-state index contributed by atoms with van der Waals surface area (Å²) >= 11 is 0. The summed E-state index contributed by atoms with van der Waals surface area (Å²) < 4.78 is 34.5. The Hall–Kier alpha value is -2.91. The van der Waals surface area contributed by atoms with Crippen LogP contribution in [0.15, 0.2) is 53.9 Å². The maximum absolute atomic E-state index is 13.0. The lowest BCUT2D eigenvalue weighted by Crippen LogP contribution is -2.39. The van der Waals surface area contributed by atoms with Crippen LogP contribution in [0.5, 0.6) is 5.75 Å². The number of anilines is 2. The van der Waals surface area contributed by atoms with Crippen molar-refractivity contribution in [1.82, 2.24) is 18.8 Å². The molecule has 4 rings (SSSR count). The lowest BCUT2D eigenvalue weighted by molar-refractivity contribution is 0.312. The number of imidazole rings is 1. The van der Waals surface area contributed by atoms with E-state index in [4.69, 9.17) is 9.72 Å². The highest BCUT2D eigenvalue weighted by atomic mass is 32.2. The predicted octanol–water partition coefficient (Wildman–Crippen LogP) is 3.44. The molecule has 1 aliphatic heterocycles. The molecular formula is C22H27N5O3S. The zero-order chi connectivity index (χ0) is 22.0. The lowest BCUT2D eigenvalue weighted by atomic mass is 9.95. The molecule has 0 aliphatic carbocycles. The maximum Gasteiger partial charge on any atom is 0.262 e. The van der Waals surface area contributed by atoms with Crippen LogP contribution in [-0.4, -0.2) is 47.5 Å². The standard InChI is InChI=1S/C22H27N5O3S/c1-16-10-19(25-18-7-4-8-20(11-18)30-3)12-21(24-16)17-6-5-9-27(13-17)31(28,29)22-14-26(2)15-23-22/h4,7-8,10-12,14-15,17H,5-6,9,13H2,1-3H3,(H,24,25). The number of nitrogens with zero attached hydrogens (tertiary/aromatic N) is 4. The van der Waals surface area contributed by atoms with Crippen LogP contribution in [0.1, 0.15) is 30.1 Å². The molecular weight excluding hydrogens is 414 g/mol. The summed E-state index contributed by atoms with van der Waals surface area (Å²) in [4.78, 5) is 8.77. The SMILES string of the molecule is COc1cccc(Nc2cc(C)nc(C3CCCN(S(=O)(=O)c4cn(C)cn4)C3)c2)c1. The van der Waals surface area contributed by atoms with Gasteiger partial charge < -0.3 is 14.6 Å². The molecule has 1 aliphatic rings. The Morgan fingerprint density at radius 2 is 2.03 bits per heavy atom. The van der Waals surface area contributed by atoms with E-state index in [0.717, 1.165) is 41.4 Å². The number of methoxy groups -OCH3 is 1. The first-order valence-electron chi connectivity index (χ1n) is 10.2. The normalized spacial score (nSPS) is 17.5. The Labute approximate surface area is 183 Å². The highest BCUT2D eigenvalue weighted by Crippen LogP contribution is 2.31. The molecule has 31 heavy (non-hydrogen) atoms. The third-order valence-electron chi connectivity index (χ3n) is 5.42. The number of pyridine rings is 1. The highest BCUT2D eigenvalue weighted by molar-refractivity contribution is 7.89. The summed E-state index contributed by atoms with van der Waals surface area (Å²) in [5, 5.41) is 3.50. The fraction of sp³-hybridized carbons (Fsp3) is 0.364. The van der Waals surface area contributed by atoms with Gasteiger partial charge in [-0.05, 0) is 44.0 Å². The number of benzene rings is 1. The number of rotatable bonds is 6. The molecule has 1 atom stereocenters. The average Bonchev–Trinajstić information content (AvgIpc) is 3.21. The minimum absolute atomic E-state index is 0.0259. The van der Waals surface area contributed by atoms with Gasteiger partial charge in [0.25, 0.3) is 10.0 Å². The lowest BCUT2D eigenvalue weighted by Gasteiger charge is -2.31. The van der Waals surface area contributed by atoms with E-state index in [2.05, 4.69) is 10.3 Å². The Kier molecular flexibility index (Phi) is 5.97. The van der Waals surface area contributed by atoms with E-state index in [-0.39, 0.29) is 10.9 Å². The number of nitrogens with one attached hydrogen (secondary N) is 1. The second-order valence-electron chi connectivity index (χ2n) is 7.86. The molecule has 1 aromatic carbocycles. The van der Waals surface area contributed by atoms with Gasteiger partial charge in [-0.15, -0.1) is 0 Å². The van der Waals surface area contributed by atoms with E-state index < -0.39 is 10.0 Å². The molecule has 164 valence electrons. The van der Waals surface area contributed by atoms with Gasteiger partial charge in [0.05, 0.1) is 13.4 Å². The molecule has 1 N–H and O–H groups in total. The molecule has 1 fully saturated rings. The van der Waals surface area contributed by atoms with Crippen molar-refractivity contribution >= 4 is 21.4 Å². The summed E-state index contributed by atoms with van der Waals surface area (Å²) in [6.07, 6.45) is 4.72. The number of piperidine rings is 1. The van der Waals surface area contributed by atoms with Gasteiger partial charge in [-0.1, -0.05) is 6.07 Å². The molecule has 0 amide bonds. The second-order valence-corrected chi connectivity index (χ2v) is 9.74. The maximum atomic E-state index is 13.0. The summed E-state index contributed by atoms with van der Waals surface area (Å²) in [6.45, 7) is 2.84. The van der Waals surface area contributed by atoms with E-state index in [0.29, 0.717) is 13.1 Å². The fourth-order valence-electron chi connectivity index (χ4n) is 3.90. The first-order chi connectivity index (χ1) is 14.8. The molecule has 8 nitrogen and oxygen atoms in total. The van der Waals surface area contributed by atoms with Gasteiger partial charge in [-0.25, -0.2) is 13.4 Å². The van der Waals surface area contributed by atoms with Crippen LogP contribution in [0, 0.1) is 6.92 Å². The molecule has 0 spiro atoms. The topological polar surface area (TPSA) is 89.4 Å². The average molecular weight is 442 g/mol. The van der Waals surface area contributed by atoms with E-state index in [1.165, 1.54) is 10.6 Å².